The summed E-state index contributed by atoms with van der Waals surface area (Å²) in [4.78, 5) is 16.4. The highest BCUT2D eigenvalue weighted by Crippen LogP contribution is 2.34. The number of methoxy groups -OCH3 is 1. The van der Waals surface area contributed by atoms with Crippen molar-refractivity contribution in [3.63, 3.8) is 0 Å². The van der Waals surface area contributed by atoms with Crippen LogP contribution in [0.15, 0.2) is 30.5 Å². The van der Waals surface area contributed by atoms with Crippen LogP contribution < -0.4 is 15.0 Å². The van der Waals surface area contributed by atoms with Crippen LogP contribution in [0.2, 0.25) is 0 Å². The molecule has 0 fully saturated rings. The first-order chi connectivity index (χ1) is 12.1. The van der Waals surface area contributed by atoms with Crippen molar-refractivity contribution in [1.29, 1.82) is 0 Å². The third kappa shape index (κ3) is 5.94. The predicted octanol–water partition coefficient (Wildman–Crippen LogP) is 3.45. The van der Waals surface area contributed by atoms with Gasteiger partial charge in [-0.25, -0.2) is 0 Å². The lowest BCUT2D eigenvalue weighted by molar-refractivity contribution is -0.757. The molecule has 0 saturated heterocycles. The summed E-state index contributed by atoms with van der Waals surface area (Å²) in [5, 5.41) is 12.9. The Hall–Kier alpha value is -2.28. The molecule has 1 aromatic rings. The number of anilines is 1. The summed E-state index contributed by atoms with van der Waals surface area (Å²) in [6.45, 7) is 1.14. The van der Waals surface area contributed by atoms with Crippen LogP contribution in [0.5, 0.6) is 5.75 Å². The SMILES string of the molecule is COc1ccc2c(c1)N(C)C=CC2NCCCCCCCO[N+](=O)[O-]. The van der Waals surface area contributed by atoms with Crippen molar-refractivity contribution >= 4 is 5.69 Å². The number of fused-ring (bicyclic) bond motifs is 1. The third-order valence-corrected chi connectivity index (χ3v) is 4.34. The summed E-state index contributed by atoms with van der Waals surface area (Å²) < 4.78 is 5.31. The number of nitrogens with one attached hydrogen (secondary N) is 1. The van der Waals surface area contributed by atoms with Crippen LogP contribution in [0.4, 0.5) is 5.69 Å². The fourth-order valence-electron chi connectivity index (χ4n) is 2.95. The van der Waals surface area contributed by atoms with Gasteiger partial charge in [0.05, 0.1) is 19.8 Å². The maximum absolute atomic E-state index is 10.0. The average Bonchev–Trinajstić information content (AvgIpc) is 2.61. The van der Waals surface area contributed by atoms with E-state index in [0.717, 1.165) is 50.1 Å². The van der Waals surface area contributed by atoms with Gasteiger partial charge in [-0.2, -0.15) is 0 Å². The highest BCUT2D eigenvalue weighted by Gasteiger charge is 2.19. The molecule has 2 rings (SSSR count). The summed E-state index contributed by atoms with van der Waals surface area (Å²) >= 11 is 0. The summed E-state index contributed by atoms with van der Waals surface area (Å²) in [6, 6.07) is 6.38. The van der Waals surface area contributed by atoms with Crippen LogP contribution in [-0.4, -0.2) is 32.4 Å². The van der Waals surface area contributed by atoms with Crippen LogP contribution in [0, 0.1) is 10.1 Å². The molecule has 1 aliphatic heterocycles. The van der Waals surface area contributed by atoms with Gasteiger partial charge in [0.25, 0.3) is 5.09 Å². The largest absolute Gasteiger partial charge is 0.497 e. The molecule has 7 heteroatoms. The fourth-order valence-corrected chi connectivity index (χ4v) is 2.95. The van der Waals surface area contributed by atoms with Gasteiger partial charge >= 0.3 is 0 Å². The highest BCUT2D eigenvalue weighted by molar-refractivity contribution is 5.62. The van der Waals surface area contributed by atoms with Crippen LogP contribution in [0.25, 0.3) is 0 Å². The van der Waals surface area contributed by atoms with E-state index in [0.29, 0.717) is 0 Å². The molecule has 138 valence electrons. The van der Waals surface area contributed by atoms with E-state index >= 15 is 0 Å². The molecule has 1 N–H and O–H groups in total. The van der Waals surface area contributed by atoms with E-state index in [1.54, 1.807) is 7.11 Å². The van der Waals surface area contributed by atoms with Crippen molar-refractivity contribution in [2.75, 3.05) is 32.2 Å². The molecule has 0 bridgehead atoms. The van der Waals surface area contributed by atoms with Crippen LogP contribution >= 0.6 is 0 Å². The first-order valence-electron chi connectivity index (χ1n) is 8.71. The Kier molecular flexibility index (Phi) is 7.53. The second-order valence-electron chi connectivity index (χ2n) is 6.13. The molecule has 1 heterocycles. The van der Waals surface area contributed by atoms with Crippen molar-refractivity contribution < 1.29 is 14.7 Å². The minimum absolute atomic E-state index is 0.200. The van der Waals surface area contributed by atoms with E-state index in [1.165, 1.54) is 5.56 Å². The first kappa shape index (κ1) is 19.1. The van der Waals surface area contributed by atoms with Gasteiger partial charge in [0.2, 0.25) is 0 Å². The van der Waals surface area contributed by atoms with Crippen molar-refractivity contribution in [2.24, 2.45) is 0 Å². The van der Waals surface area contributed by atoms with Crippen molar-refractivity contribution in [2.45, 2.75) is 38.1 Å². The van der Waals surface area contributed by atoms with E-state index in [4.69, 9.17) is 4.74 Å². The van der Waals surface area contributed by atoms with Gasteiger partial charge < -0.3 is 19.8 Å². The Bertz CT molecular complexity index is 592. The predicted molar refractivity (Wildman–Crippen MR) is 97.3 cm³/mol. The summed E-state index contributed by atoms with van der Waals surface area (Å²) in [5.74, 6) is 0.862. The van der Waals surface area contributed by atoms with E-state index in [1.807, 2.05) is 13.1 Å². The van der Waals surface area contributed by atoms with Crippen molar-refractivity contribution in [1.82, 2.24) is 5.32 Å². The maximum Gasteiger partial charge on any atom is 0.294 e. The number of hydrogen-bond donors (Lipinski definition) is 1. The molecule has 7 nitrogen and oxygen atoms in total. The first-order valence-corrected chi connectivity index (χ1v) is 8.71. The number of ether oxygens (including phenoxy) is 1. The van der Waals surface area contributed by atoms with E-state index in [-0.39, 0.29) is 12.6 Å². The summed E-state index contributed by atoms with van der Waals surface area (Å²) in [7, 11) is 3.72. The van der Waals surface area contributed by atoms with Gasteiger partial charge in [0.1, 0.15) is 5.75 Å². The Morgan fingerprint density at radius 2 is 2.00 bits per heavy atom. The highest BCUT2D eigenvalue weighted by atomic mass is 16.9. The van der Waals surface area contributed by atoms with Gasteiger partial charge in [-0.3, -0.25) is 0 Å². The number of rotatable bonds is 11. The Labute approximate surface area is 148 Å². The molecule has 0 aliphatic carbocycles. The fraction of sp³-hybridized carbons (Fsp3) is 0.556. The van der Waals surface area contributed by atoms with E-state index in [9.17, 15) is 10.1 Å². The summed E-state index contributed by atoms with van der Waals surface area (Å²) in [5.41, 5.74) is 2.41. The molecule has 1 atom stereocenters. The van der Waals surface area contributed by atoms with E-state index in [2.05, 4.69) is 39.5 Å². The molecule has 0 amide bonds. The zero-order valence-corrected chi connectivity index (χ0v) is 14.9. The number of nitrogens with zero attached hydrogens (tertiary/aromatic N) is 2. The normalized spacial score (nSPS) is 15.8. The Morgan fingerprint density at radius 1 is 1.24 bits per heavy atom. The molecular weight excluding hydrogens is 322 g/mol. The topological polar surface area (TPSA) is 76.9 Å². The minimum Gasteiger partial charge on any atom is -0.497 e. The van der Waals surface area contributed by atoms with Gasteiger partial charge in [-0.1, -0.05) is 25.3 Å². The molecule has 0 spiro atoms. The molecule has 0 radical (unpaired) electrons. The second kappa shape index (κ2) is 9.88. The molecule has 25 heavy (non-hydrogen) atoms. The monoisotopic (exact) mass is 349 g/mol. The standard InChI is InChI=1S/C18H27N3O4/c1-20-12-10-17(16-9-8-15(24-2)14-18(16)20)19-11-6-4-3-5-7-13-25-21(22)23/h8-10,12,14,17,19H,3-7,11,13H2,1-2H3. The number of benzene rings is 1. The number of hydrogen-bond acceptors (Lipinski definition) is 6. The molecular formula is C18H27N3O4. The lowest BCUT2D eigenvalue weighted by atomic mass is 10.0. The third-order valence-electron chi connectivity index (χ3n) is 4.34. The summed E-state index contributed by atoms with van der Waals surface area (Å²) in [6.07, 6.45) is 9.21. The van der Waals surface area contributed by atoms with Crippen molar-refractivity contribution in [3.8, 4) is 5.75 Å². The lowest BCUT2D eigenvalue weighted by Crippen LogP contribution is -2.26. The Morgan fingerprint density at radius 3 is 2.76 bits per heavy atom. The molecule has 1 unspecified atom stereocenters. The lowest BCUT2D eigenvalue weighted by Gasteiger charge is -2.29. The second-order valence-corrected chi connectivity index (χ2v) is 6.13. The van der Waals surface area contributed by atoms with Gasteiger partial charge in [-0.05, 0) is 37.1 Å². The smallest absolute Gasteiger partial charge is 0.294 e. The van der Waals surface area contributed by atoms with Gasteiger partial charge in [-0.15, -0.1) is 10.1 Å². The maximum atomic E-state index is 10.0. The molecule has 1 aliphatic rings. The number of unbranched alkanes of at least 4 members (excludes halogenated alkanes) is 4. The van der Waals surface area contributed by atoms with Gasteiger partial charge in [0.15, 0.2) is 0 Å². The zero-order chi connectivity index (χ0) is 18.1. The van der Waals surface area contributed by atoms with Crippen LogP contribution in [0.1, 0.15) is 43.7 Å². The average molecular weight is 349 g/mol. The Balaban J connectivity index is 1.68. The van der Waals surface area contributed by atoms with Crippen LogP contribution in [0.3, 0.4) is 0 Å². The van der Waals surface area contributed by atoms with Crippen molar-refractivity contribution in [3.05, 3.63) is 46.2 Å². The molecule has 1 aromatic carbocycles. The van der Waals surface area contributed by atoms with E-state index < -0.39 is 5.09 Å². The van der Waals surface area contributed by atoms with Gasteiger partial charge in [0, 0.05) is 25.0 Å². The quantitative estimate of drug-likeness (QED) is 0.375. The molecule has 0 saturated carbocycles. The zero-order valence-electron chi connectivity index (χ0n) is 14.9. The van der Waals surface area contributed by atoms with Crippen LogP contribution in [-0.2, 0) is 4.84 Å². The molecule has 0 aromatic heterocycles. The minimum atomic E-state index is -0.730.